The molecule has 1 fully saturated rings. The van der Waals surface area contributed by atoms with E-state index in [1.165, 1.54) is 103 Å². The predicted molar refractivity (Wildman–Crippen MR) is 222 cm³/mol. The van der Waals surface area contributed by atoms with Crippen molar-refractivity contribution in [1.29, 1.82) is 0 Å². The van der Waals surface area contributed by atoms with Gasteiger partial charge in [0.1, 0.15) is 0 Å². The van der Waals surface area contributed by atoms with Crippen LogP contribution in [0.25, 0.3) is 0 Å². The Kier molecular flexibility index (Phi) is 33.4. The molecular weight excluding hydrogens is 647 g/mol. The van der Waals surface area contributed by atoms with Crippen molar-refractivity contribution in [2.75, 3.05) is 72.6 Å². The molecule has 1 aliphatic rings. The van der Waals surface area contributed by atoms with Gasteiger partial charge < -0.3 is 19.3 Å². The zero-order valence-corrected chi connectivity index (χ0v) is 35.6. The Morgan fingerprint density at radius 2 is 0.827 bits per heavy atom. The van der Waals surface area contributed by atoms with E-state index < -0.39 is 0 Å². The van der Waals surface area contributed by atoms with Gasteiger partial charge in [0, 0.05) is 52.4 Å². The van der Waals surface area contributed by atoms with Crippen LogP contribution in [0.5, 0.6) is 0 Å². The van der Waals surface area contributed by atoms with Crippen LogP contribution in [0.1, 0.15) is 195 Å². The monoisotopic (exact) mass is 736 g/mol. The summed E-state index contributed by atoms with van der Waals surface area (Å²) in [5, 5.41) is 0. The van der Waals surface area contributed by atoms with E-state index in [0.29, 0.717) is 13.2 Å². The van der Waals surface area contributed by atoms with E-state index in [2.05, 4.69) is 49.4 Å². The molecule has 1 saturated heterocycles. The van der Waals surface area contributed by atoms with Crippen LogP contribution in [0, 0.1) is 11.8 Å². The minimum atomic E-state index is 0.0335. The van der Waals surface area contributed by atoms with Crippen LogP contribution >= 0.6 is 0 Å². The number of carbonyl (C=O) groups is 2. The molecule has 1 aliphatic heterocycles. The van der Waals surface area contributed by atoms with Gasteiger partial charge in [0.2, 0.25) is 0 Å². The second-order valence-corrected chi connectivity index (χ2v) is 16.2. The number of esters is 2. The summed E-state index contributed by atoms with van der Waals surface area (Å²) >= 11 is 0. The Balaban J connectivity index is 2.61. The Hall–Kier alpha value is -1.18. The molecule has 7 heteroatoms. The summed E-state index contributed by atoms with van der Waals surface area (Å²) in [6, 6.07) is 0. The molecule has 2 unspecified atom stereocenters. The molecule has 0 aromatic carbocycles. The third-order valence-corrected chi connectivity index (χ3v) is 11.3. The third kappa shape index (κ3) is 27.4. The number of ether oxygens (including phenoxy) is 2. The number of likely N-dealkylation sites (N-methyl/N-ethyl adjacent to an activating group) is 1. The number of carbonyl (C=O) groups excluding carboxylic acids is 2. The van der Waals surface area contributed by atoms with Crippen LogP contribution in [0.2, 0.25) is 0 Å². The first-order chi connectivity index (χ1) is 25.4. The lowest BCUT2D eigenvalue weighted by Gasteiger charge is -2.34. The minimum absolute atomic E-state index is 0.0335. The molecule has 0 aliphatic carbocycles. The molecule has 0 radical (unpaired) electrons. The molecule has 1 rings (SSSR count). The van der Waals surface area contributed by atoms with Crippen LogP contribution in [-0.4, -0.2) is 99.3 Å². The van der Waals surface area contributed by atoms with Crippen molar-refractivity contribution < 1.29 is 19.1 Å². The van der Waals surface area contributed by atoms with E-state index in [0.717, 1.165) is 117 Å². The van der Waals surface area contributed by atoms with Gasteiger partial charge in [0.15, 0.2) is 0 Å². The number of unbranched alkanes of at least 4 members (excludes halogenated alkanes) is 16. The topological polar surface area (TPSA) is 62.3 Å². The number of hydrogen-bond acceptors (Lipinski definition) is 7. The van der Waals surface area contributed by atoms with Gasteiger partial charge in [0.25, 0.3) is 0 Å². The van der Waals surface area contributed by atoms with Crippen LogP contribution in [0.3, 0.4) is 0 Å². The fourth-order valence-electron chi connectivity index (χ4n) is 7.58. The van der Waals surface area contributed by atoms with Crippen molar-refractivity contribution in [3.8, 4) is 0 Å². The van der Waals surface area contributed by atoms with Gasteiger partial charge in [0.05, 0.1) is 25.0 Å². The first kappa shape index (κ1) is 48.8. The van der Waals surface area contributed by atoms with Crippen molar-refractivity contribution in [3.63, 3.8) is 0 Å². The van der Waals surface area contributed by atoms with Crippen molar-refractivity contribution in [2.24, 2.45) is 11.8 Å². The van der Waals surface area contributed by atoms with E-state index in [1.54, 1.807) is 0 Å². The highest BCUT2D eigenvalue weighted by atomic mass is 16.5. The average molecular weight is 736 g/mol. The Morgan fingerprint density at radius 3 is 1.21 bits per heavy atom. The molecule has 308 valence electrons. The minimum Gasteiger partial charge on any atom is -0.465 e. The Labute approximate surface area is 324 Å². The summed E-state index contributed by atoms with van der Waals surface area (Å²) in [5.41, 5.74) is 0. The van der Waals surface area contributed by atoms with Gasteiger partial charge in [-0.25, -0.2) is 0 Å². The second kappa shape index (κ2) is 35.5. The molecule has 7 nitrogen and oxygen atoms in total. The fraction of sp³-hybridized carbons (Fsp3) is 0.956. The first-order valence-electron chi connectivity index (χ1n) is 22.9. The van der Waals surface area contributed by atoms with Crippen molar-refractivity contribution in [1.82, 2.24) is 14.7 Å². The van der Waals surface area contributed by atoms with Gasteiger partial charge >= 0.3 is 11.9 Å². The summed E-state index contributed by atoms with van der Waals surface area (Å²) in [6.45, 7) is 18.4. The molecule has 0 saturated carbocycles. The van der Waals surface area contributed by atoms with Gasteiger partial charge in [-0.05, 0) is 45.6 Å². The first-order valence-corrected chi connectivity index (χ1v) is 22.9. The fourth-order valence-corrected chi connectivity index (χ4v) is 7.58. The molecular formula is C45H89N3O4. The summed E-state index contributed by atoms with van der Waals surface area (Å²) in [4.78, 5) is 34.0. The zero-order valence-electron chi connectivity index (χ0n) is 35.6. The molecule has 0 aromatic rings. The van der Waals surface area contributed by atoms with E-state index >= 15 is 0 Å². The molecule has 0 N–H and O–H groups in total. The van der Waals surface area contributed by atoms with Gasteiger partial charge in [-0.3, -0.25) is 14.5 Å². The molecule has 2 atom stereocenters. The lowest BCUT2D eigenvalue weighted by molar-refractivity contribution is -0.150. The number of rotatable bonds is 37. The highest BCUT2D eigenvalue weighted by Gasteiger charge is 2.21. The van der Waals surface area contributed by atoms with E-state index in [9.17, 15) is 9.59 Å². The second-order valence-electron chi connectivity index (χ2n) is 16.2. The molecule has 52 heavy (non-hydrogen) atoms. The van der Waals surface area contributed by atoms with Crippen LogP contribution in [0.4, 0.5) is 0 Å². The largest absolute Gasteiger partial charge is 0.465 e. The lowest BCUT2D eigenvalue weighted by Crippen LogP contribution is -2.47. The standard InChI is InChI=1S/C45H89N3O4/c1-6-10-14-18-20-24-30-42(28-22-16-12-8-3)44(49)51-40-26-32-47(38-39-48-36-34-46(5)35-37-48)33-27-41-52-45(50)43(29-23-17-13-9-4)31-25-21-19-15-11-7-2/h42-43H,6-41H2,1-5H3. The predicted octanol–water partition coefficient (Wildman–Crippen LogP) is 11.1. The summed E-state index contributed by atoms with van der Waals surface area (Å²) < 4.78 is 11.9. The molecule has 0 aromatic heterocycles. The van der Waals surface area contributed by atoms with Crippen LogP contribution in [-0.2, 0) is 19.1 Å². The van der Waals surface area contributed by atoms with Crippen LogP contribution in [0.15, 0.2) is 0 Å². The number of piperazine rings is 1. The normalized spacial score (nSPS) is 15.3. The zero-order chi connectivity index (χ0) is 37.9. The smallest absolute Gasteiger partial charge is 0.308 e. The van der Waals surface area contributed by atoms with E-state index in [-0.39, 0.29) is 23.8 Å². The molecule has 0 bridgehead atoms. The number of nitrogens with zero attached hydrogens (tertiary/aromatic N) is 3. The summed E-state index contributed by atoms with van der Waals surface area (Å²) in [5.74, 6) is 0.183. The van der Waals surface area contributed by atoms with Gasteiger partial charge in [-0.1, -0.05) is 156 Å². The lowest BCUT2D eigenvalue weighted by atomic mass is 9.94. The van der Waals surface area contributed by atoms with Gasteiger partial charge in [-0.15, -0.1) is 0 Å². The maximum Gasteiger partial charge on any atom is 0.308 e. The SMILES string of the molecule is CCCCCCCCC(CCCCCC)C(=O)OCCCN(CCCOC(=O)C(CCCCCC)CCCCCCCC)CCN1CCN(C)CC1. The highest BCUT2D eigenvalue weighted by Crippen LogP contribution is 2.22. The van der Waals surface area contributed by atoms with Crippen molar-refractivity contribution >= 4 is 11.9 Å². The Morgan fingerprint density at radius 1 is 0.481 bits per heavy atom. The highest BCUT2D eigenvalue weighted by molar-refractivity contribution is 5.72. The Bertz CT molecular complexity index is 751. The van der Waals surface area contributed by atoms with E-state index in [1.807, 2.05) is 0 Å². The molecule has 1 heterocycles. The average Bonchev–Trinajstić information content (AvgIpc) is 3.15. The third-order valence-electron chi connectivity index (χ3n) is 11.3. The quantitative estimate of drug-likeness (QED) is 0.0465. The van der Waals surface area contributed by atoms with Crippen molar-refractivity contribution in [3.05, 3.63) is 0 Å². The molecule has 0 amide bonds. The molecule has 0 spiro atoms. The summed E-state index contributed by atoms with van der Waals surface area (Å²) in [7, 11) is 2.21. The number of hydrogen-bond donors (Lipinski definition) is 0. The van der Waals surface area contributed by atoms with E-state index in [4.69, 9.17) is 9.47 Å². The maximum absolute atomic E-state index is 13.2. The van der Waals surface area contributed by atoms with Crippen molar-refractivity contribution in [2.45, 2.75) is 195 Å². The van der Waals surface area contributed by atoms with Gasteiger partial charge in [-0.2, -0.15) is 0 Å². The summed E-state index contributed by atoms with van der Waals surface area (Å²) in [6.07, 6.45) is 30.4. The van der Waals surface area contributed by atoms with Crippen LogP contribution < -0.4 is 0 Å². The maximum atomic E-state index is 13.2.